The van der Waals surface area contributed by atoms with Crippen LogP contribution in [0.25, 0.3) is 0 Å². The van der Waals surface area contributed by atoms with Crippen LogP contribution in [0.2, 0.25) is 0 Å². The van der Waals surface area contributed by atoms with Crippen molar-refractivity contribution in [2.24, 2.45) is 11.8 Å². The molecule has 2 aliphatic rings. The van der Waals surface area contributed by atoms with E-state index in [1.165, 1.54) is 32.4 Å². The van der Waals surface area contributed by atoms with Crippen molar-refractivity contribution in [1.82, 2.24) is 15.1 Å². The van der Waals surface area contributed by atoms with Crippen LogP contribution in [0, 0.1) is 11.8 Å². The molecule has 1 atom stereocenters. The molecule has 2 fully saturated rings. The molecule has 2 heterocycles. The molecule has 19 heavy (non-hydrogen) atoms. The first-order valence-electron chi connectivity index (χ1n) is 7.78. The molecule has 0 bridgehead atoms. The van der Waals surface area contributed by atoms with Crippen molar-refractivity contribution < 1.29 is 4.79 Å². The zero-order valence-electron chi connectivity index (χ0n) is 12.5. The number of carbonyl (C=O) groups is 1. The van der Waals surface area contributed by atoms with Crippen LogP contribution in [0.15, 0.2) is 0 Å². The van der Waals surface area contributed by atoms with Gasteiger partial charge in [-0.05, 0) is 70.7 Å². The first kappa shape index (κ1) is 14.8. The molecule has 1 amide bonds. The van der Waals surface area contributed by atoms with Crippen molar-refractivity contribution in [1.29, 1.82) is 0 Å². The molecule has 0 spiro atoms. The van der Waals surface area contributed by atoms with Gasteiger partial charge in [0.2, 0.25) is 5.91 Å². The van der Waals surface area contributed by atoms with Gasteiger partial charge in [0.15, 0.2) is 0 Å². The molecule has 110 valence electrons. The molecular formula is C15H29N3O. The fourth-order valence-corrected chi connectivity index (χ4v) is 3.21. The van der Waals surface area contributed by atoms with E-state index >= 15 is 0 Å². The van der Waals surface area contributed by atoms with E-state index in [0.29, 0.717) is 11.8 Å². The Morgan fingerprint density at radius 2 is 2.00 bits per heavy atom. The molecule has 0 saturated carbocycles. The molecule has 4 nitrogen and oxygen atoms in total. The van der Waals surface area contributed by atoms with Gasteiger partial charge in [-0.2, -0.15) is 0 Å². The van der Waals surface area contributed by atoms with Crippen LogP contribution < -0.4 is 5.32 Å². The zero-order chi connectivity index (χ0) is 13.7. The number of nitrogens with zero attached hydrogens (tertiary/aromatic N) is 2. The van der Waals surface area contributed by atoms with Crippen molar-refractivity contribution in [3.63, 3.8) is 0 Å². The third kappa shape index (κ3) is 4.77. The van der Waals surface area contributed by atoms with Gasteiger partial charge in [-0.1, -0.05) is 0 Å². The number of piperidine rings is 1. The highest BCUT2D eigenvalue weighted by molar-refractivity contribution is 5.75. The van der Waals surface area contributed by atoms with E-state index in [4.69, 9.17) is 0 Å². The Kier molecular flexibility index (Phi) is 5.64. The Hall–Kier alpha value is -0.610. The van der Waals surface area contributed by atoms with Crippen molar-refractivity contribution in [2.75, 3.05) is 46.8 Å². The molecule has 1 N–H and O–H groups in total. The molecule has 0 aromatic rings. The SMILES string of the molecule is CN1CCC(CN(C)C(=O)CCC2CCNC2)CC1. The lowest BCUT2D eigenvalue weighted by Gasteiger charge is -2.31. The largest absolute Gasteiger partial charge is 0.345 e. The third-order valence-corrected chi connectivity index (χ3v) is 4.72. The Labute approximate surface area is 117 Å². The summed E-state index contributed by atoms with van der Waals surface area (Å²) in [5.74, 6) is 1.77. The third-order valence-electron chi connectivity index (χ3n) is 4.72. The predicted molar refractivity (Wildman–Crippen MR) is 78.1 cm³/mol. The van der Waals surface area contributed by atoms with E-state index in [0.717, 1.165) is 38.4 Å². The Balaban J connectivity index is 1.64. The summed E-state index contributed by atoms with van der Waals surface area (Å²) in [5.41, 5.74) is 0. The van der Waals surface area contributed by atoms with Gasteiger partial charge in [0.05, 0.1) is 0 Å². The lowest BCUT2D eigenvalue weighted by atomic mass is 9.96. The van der Waals surface area contributed by atoms with Crippen molar-refractivity contribution in [3.8, 4) is 0 Å². The minimum atomic E-state index is 0.339. The summed E-state index contributed by atoms with van der Waals surface area (Å²) in [5, 5.41) is 3.37. The highest BCUT2D eigenvalue weighted by atomic mass is 16.2. The first-order chi connectivity index (χ1) is 9.15. The number of rotatable bonds is 5. The van der Waals surface area contributed by atoms with Crippen LogP contribution in [0.3, 0.4) is 0 Å². The van der Waals surface area contributed by atoms with Crippen molar-refractivity contribution in [3.05, 3.63) is 0 Å². The van der Waals surface area contributed by atoms with Crippen LogP contribution in [0.1, 0.15) is 32.1 Å². The summed E-state index contributed by atoms with van der Waals surface area (Å²) < 4.78 is 0. The van der Waals surface area contributed by atoms with Crippen LogP contribution in [-0.2, 0) is 4.79 Å². The summed E-state index contributed by atoms with van der Waals surface area (Å²) in [7, 11) is 4.16. The number of likely N-dealkylation sites (tertiary alicyclic amines) is 1. The van der Waals surface area contributed by atoms with E-state index in [1.54, 1.807) is 0 Å². The Bertz CT molecular complexity index is 281. The molecule has 0 radical (unpaired) electrons. The summed E-state index contributed by atoms with van der Waals surface area (Å²) in [4.78, 5) is 16.5. The van der Waals surface area contributed by atoms with E-state index < -0.39 is 0 Å². The van der Waals surface area contributed by atoms with Crippen LogP contribution in [0.4, 0.5) is 0 Å². The van der Waals surface area contributed by atoms with Crippen molar-refractivity contribution >= 4 is 5.91 Å². The molecule has 0 aromatic heterocycles. The van der Waals surface area contributed by atoms with E-state index in [1.807, 2.05) is 11.9 Å². The van der Waals surface area contributed by atoms with Gasteiger partial charge in [-0.25, -0.2) is 0 Å². The maximum absolute atomic E-state index is 12.1. The van der Waals surface area contributed by atoms with Crippen LogP contribution >= 0.6 is 0 Å². The first-order valence-corrected chi connectivity index (χ1v) is 7.78. The van der Waals surface area contributed by atoms with Gasteiger partial charge in [-0.3, -0.25) is 4.79 Å². The maximum Gasteiger partial charge on any atom is 0.222 e. The monoisotopic (exact) mass is 267 g/mol. The zero-order valence-corrected chi connectivity index (χ0v) is 12.5. The van der Waals surface area contributed by atoms with Crippen molar-refractivity contribution in [2.45, 2.75) is 32.1 Å². The summed E-state index contributed by atoms with van der Waals surface area (Å²) in [6, 6.07) is 0. The molecule has 2 rings (SSSR count). The number of hydrogen-bond acceptors (Lipinski definition) is 3. The van der Waals surface area contributed by atoms with Gasteiger partial charge < -0.3 is 15.1 Å². The van der Waals surface area contributed by atoms with Crippen LogP contribution in [0.5, 0.6) is 0 Å². The quantitative estimate of drug-likeness (QED) is 0.812. The molecule has 2 saturated heterocycles. The maximum atomic E-state index is 12.1. The lowest BCUT2D eigenvalue weighted by molar-refractivity contribution is -0.130. The second-order valence-electron chi connectivity index (χ2n) is 6.42. The van der Waals surface area contributed by atoms with Gasteiger partial charge in [0.1, 0.15) is 0 Å². The lowest BCUT2D eigenvalue weighted by Crippen LogP contribution is -2.38. The van der Waals surface area contributed by atoms with E-state index in [-0.39, 0.29) is 0 Å². The number of amides is 1. The molecule has 1 unspecified atom stereocenters. The standard InChI is InChI=1S/C15H29N3O/c1-17-9-6-14(7-10-17)12-18(2)15(19)4-3-13-5-8-16-11-13/h13-14,16H,3-12H2,1-2H3. The molecule has 0 aliphatic carbocycles. The molecular weight excluding hydrogens is 238 g/mol. The van der Waals surface area contributed by atoms with Gasteiger partial charge in [0.25, 0.3) is 0 Å². The highest BCUT2D eigenvalue weighted by Crippen LogP contribution is 2.18. The van der Waals surface area contributed by atoms with Crippen LogP contribution in [-0.4, -0.2) is 62.5 Å². The molecule has 4 heteroatoms. The number of nitrogens with one attached hydrogen (secondary N) is 1. The summed E-state index contributed by atoms with van der Waals surface area (Å²) in [6.45, 7) is 5.55. The fraction of sp³-hybridized carbons (Fsp3) is 0.933. The van der Waals surface area contributed by atoms with E-state index in [2.05, 4.69) is 17.3 Å². The number of hydrogen-bond donors (Lipinski definition) is 1. The second-order valence-corrected chi connectivity index (χ2v) is 6.42. The fourth-order valence-electron chi connectivity index (χ4n) is 3.21. The topological polar surface area (TPSA) is 35.6 Å². The Morgan fingerprint density at radius 1 is 1.26 bits per heavy atom. The van der Waals surface area contributed by atoms with Gasteiger partial charge in [-0.15, -0.1) is 0 Å². The summed E-state index contributed by atoms with van der Waals surface area (Å²) in [6.07, 6.45) is 5.51. The van der Waals surface area contributed by atoms with Gasteiger partial charge >= 0.3 is 0 Å². The average molecular weight is 267 g/mol. The minimum absolute atomic E-state index is 0.339. The average Bonchev–Trinajstić information content (AvgIpc) is 2.91. The number of carbonyl (C=O) groups excluding carboxylic acids is 1. The highest BCUT2D eigenvalue weighted by Gasteiger charge is 2.21. The molecule has 2 aliphatic heterocycles. The normalized spacial score (nSPS) is 25.7. The van der Waals surface area contributed by atoms with E-state index in [9.17, 15) is 4.79 Å². The van der Waals surface area contributed by atoms with Gasteiger partial charge in [0, 0.05) is 20.0 Å². The predicted octanol–water partition coefficient (Wildman–Crippen LogP) is 1.18. The second kappa shape index (κ2) is 7.25. The Morgan fingerprint density at radius 3 is 2.63 bits per heavy atom. The molecule has 0 aromatic carbocycles. The minimum Gasteiger partial charge on any atom is -0.345 e. The smallest absolute Gasteiger partial charge is 0.222 e. The summed E-state index contributed by atoms with van der Waals surface area (Å²) >= 11 is 0.